The number of rotatable bonds is 3. The van der Waals surface area contributed by atoms with Crippen LogP contribution in [0.4, 0.5) is 4.39 Å². The average Bonchev–Trinajstić information content (AvgIpc) is 2.41. The summed E-state index contributed by atoms with van der Waals surface area (Å²) < 4.78 is 19.4. The van der Waals surface area contributed by atoms with Gasteiger partial charge < -0.3 is 14.7 Å². The fourth-order valence-electron chi connectivity index (χ4n) is 2.06. The highest BCUT2D eigenvalue weighted by atomic mass is 79.9. The Bertz CT molecular complexity index is 537. The van der Waals surface area contributed by atoms with Gasteiger partial charge in [-0.05, 0) is 28.1 Å². The molecule has 1 unspecified atom stereocenters. The highest BCUT2D eigenvalue weighted by molar-refractivity contribution is 9.10. The number of hydrogen-bond acceptors (Lipinski definition) is 3. The van der Waals surface area contributed by atoms with Crippen molar-refractivity contribution in [2.45, 2.75) is 12.5 Å². The first kappa shape index (κ1) is 14.9. The molecule has 0 bridgehead atoms. The van der Waals surface area contributed by atoms with Crippen LogP contribution in [0.3, 0.4) is 0 Å². The molecular weight excluding hydrogens is 333 g/mol. The SMILES string of the molecule is O=C(O)CC1CN(C(=O)c2cccc(Br)c2F)CCO1. The zero-order valence-electron chi connectivity index (χ0n) is 10.5. The molecule has 1 aromatic carbocycles. The molecule has 0 spiro atoms. The lowest BCUT2D eigenvalue weighted by Gasteiger charge is -2.32. The number of nitrogens with zero attached hydrogens (tertiary/aromatic N) is 1. The third-order valence-corrected chi connectivity index (χ3v) is 3.62. The van der Waals surface area contributed by atoms with Crippen LogP contribution in [0.5, 0.6) is 0 Å². The molecular formula is C13H13BrFNO4. The average molecular weight is 346 g/mol. The van der Waals surface area contributed by atoms with Crippen molar-refractivity contribution < 1.29 is 23.8 Å². The van der Waals surface area contributed by atoms with Gasteiger partial charge in [0.15, 0.2) is 0 Å². The Morgan fingerprint density at radius 3 is 2.95 bits per heavy atom. The van der Waals surface area contributed by atoms with Gasteiger partial charge in [-0.25, -0.2) is 4.39 Å². The number of amides is 1. The van der Waals surface area contributed by atoms with Crippen molar-refractivity contribution in [3.05, 3.63) is 34.1 Å². The third-order valence-electron chi connectivity index (χ3n) is 3.01. The first-order valence-corrected chi connectivity index (χ1v) is 6.85. The molecule has 20 heavy (non-hydrogen) atoms. The Hall–Kier alpha value is -1.47. The summed E-state index contributed by atoms with van der Waals surface area (Å²) in [5.74, 6) is -2.06. The van der Waals surface area contributed by atoms with Crippen LogP contribution >= 0.6 is 15.9 Å². The number of halogens is 2. The van der Waals surface area contributed by atoms with Crippen molar-refractivity contribution in [2.24, 2.45) is 0 Å². The van der Waals surface area contributed by atoms with E-state index in [0.717, 1.165) is 0 Å². The van der Waals surface area contributed by atoms with Crippen molar-refractivity contribution in [1.82, 2.24) is 4.90 Å². The Balaban J connectivity index is 2.12. The lowest BCUT2D eigenvalue weighted by molar-refractivity contribution is -0.141. The molecule has 0 aliphatic carbocycles. The molecule has 7 heteroatoms. The molecule has 108 valence electrons. The van der Waals surface area contributed by atoms with Gasteiger partial charge in [-0.3, -0.25) is 9.59 Å². The van der Waals surface area contributed by atoms with Crippen LogP contribution < -0.4 is 0 Å². The fourth-order valence-corrected chi connectivity index (χ4v) is 2.43. The Kier molecular flexibility index (Phi) is 4.72. The summed E-state index contributed by atoms with van der Waals surface area (Å²) >= 11 is 3.03. The van der Waals surface area contributed by atoms with Crippen molar-refractivity contribution in [3.8, 4) is 0 Å². The number of carboxylic acid groups (broad SMARTS) is 1. The molecule has 1 fully saturated rings. The smallest absolute Gasteiger partial charge is 0.306 e. The van der Waals surface area contributed by atoms with Crippen LogP contribution in [0, 0.1) is 5.82 Å². The summed E-state index contributed by atoms with van der Waals surface area (Å²) in [6.45, 7) is 0.720. The van der Waals surface area contributed by atoms with Crippen LogP contribution in [0.15, 0.2) is 22.7 Å². The van der Waals surface area contributed by atoms with Crippen LogP contribution in [0.2, 0.25) is 0 Å². The number of ether oxygens (including phenoxy) is 1. The number of carbonyl (C=O) groups is 2. The maximum Gasteiger partial charge on any atom is 0.306 e. The molecule has 1 aromatic rings. The largest absolute Gasteiger partial charge is 0.481 e. The minimum absolute atomic E-state index is 0.0321. The summed E-state index contributed by atoms with van der Waals surface area (Å²) in [5.41, 5.74) is -0.0321. The number of carbonyl (C=O) groups excluding carboxylic acids is 1. The quantitative estimate of drug-likeness (QED) is 0.908. The zero-order valence-corrected chi connectivity index (χ0v) is 12.1. The van der Waals surface area contributed by atoms with Crippen LogP contribution in [-0.2, 0) is 9.53 Å². The summed E-state index contributed by atoms with van der Waals surface area (Å²) in [7, 11) is 0. The number of aliphatic carboxylic acids is 1. The van der Waals surface area contributed by atoms with Crippen molar-refractivity contribution >= 4 is 27.8 Å². The lowest BCUT2D eigenvalue weighted by Crippen LogP contribution is -2.46. The normalized spacial score (nSPS) is 18.9. The first-order valence-electron chi connectivity index (χ1n) is 6.05. The molecule has 1 aliphatic rings. The number of benzene rings is 1. The first-order chi connectivity index (χ1) is 9.49. The molecule has 0 radical (unpaired) electrons. The van der Waals surface area contributed by atoms with Gasteiger partial charge in [0.05, 0.1) is 29.2 Å². The van der Waals surface area contributed by atoms with E-state index in [-0.39, 0.29) is 29.6 Å². The number of morpholine rings is 1. The van der Waals surface area contributed by atoms with Gasteiger partial charge in [0.25, 0.3) is 5.91 Å². The summed E-state index contributed by atoms with van der Waals surface area (Å²) in [6.07, 6.45) is -0.731. The monoisotopic (exact) mass is 345 g/mol. The van der Waals surface area contributed by atoms with E-state index in [1.807, 2.05) is 0 Å². The van der Waals surface area contributed by atoms with Crippen LogP contribution in [0.1, 0.15) is 16.8 Å². The highest BCUT2D eigenvalue weighted by Gasteiger charge is 2.28. The molecule has 1 amide bonds. The molecule has 0 saturated carbocycles. The van der Waals surface area contributed by atoms with Gasteiger partial charge >= 0.3 is 5.97 Å². The van der Waals surface area contributed by atoms with Crippen LogP contribution in [-0.4, -0.2) is 47.7 Å². The predicted octanol–water partition coefficient (Wildman–Crippen LogP) is 1.90. The topological polar surface area (TPSA) is 66.8 Å². The zero-order chi connectivity index (χ0) is 14.7. The third kappa shape index (κ3) is 3.34. The molecule has 1 aliphatic heterocycles. The molecule has 1 heterocycles. The van der Waals surface area contributed by atoms with Gasteiger partial charge in [-0.15, -0.1) is 0 Å². The Labute approximate surface area is 123 Å². The Morgan fingerprint density at radius 2 is 2.25 bits per heavy atom. The van der Waals surface area contributed by atoms with Gasteiger partial charge in [0, 0.05) is 13.1 Å². The maximum absolute atomic E-state index is 13.9. The molecule has 1 N–H and O–H groups in total. The molecule has 1 atom stereocenters. The fraction of sp³-hybridized carbons (Fsp3) is 0.385. The molecule has 2 rings (SSSR count). The second-order valence-electron chi connectivity index (χ2n) is 4.44. The minimum atomic E-state index is -0.988. The molecule has 0 aromatic heterocycles. The van der Waals surface area contributed by atoms with Gasteiger partial charge in [0.2, 0.25) is 0 Å². The van der Waals surface area contributed by atoms with Gasteiger partial charge in [0.1, 0.15) is 5.82 Å². The summed E-state index contributed by atoms with van der Waals surface area (Å²) in [6, 6.07) is 4.50. The Morgan fingerprint density at radius 1 is 1.50 bits per heavy atom. The molecule has 1 saturated heterocycles. The maximum atomic E-state index is 13.9. The number of hydrogen-bond donors (Lipinski definition) is 1. The van der Waals surface area contributed by atoms with Gasteiger partial charge in [-0.2, -0.15) is 0 Å². The second-order valence-corrected chi connectivity index (χ2v) is 5.30. The summed E-state index contributed by atoms with van der Waals surface area (Å²) in [5, 5.41) is 8.74. The van der Waals surface area contributed by atoms with E-state index in [1.165, 1.54) is 17.0 Å². The van der Waals surface area contributed by atoms with Crippen molar-refractivity contribution in [1.29, 1.82) is 0 Å². The van der Waals surface area contributed by atoms with E-state index >= 15 is 0 Å². The van der Waals surface area contributed by atoms with Crippen molar-refractivity contribution in [2.75, 3.05) is 19.7 Å². The summed E-state index contributed by atoms with van der Waals surface area (Å²) in [4.78, 5) is 24.3. The van der Waals surface area contributed by atoms with E-state index in [4.69, 9.17) is 9.84 Å². The van der Waals surface area contributed by atoms with Crippen LogP contribution in [0.25, 0.3) is 0 Å². The van der Waals surface area contributed by atoms with E-state index in [0.29, 0.717) is 6.54 Å². The molecule has 5 nitrogen and oxygen atoms in total. The van der Waals surface area contributed by atoms with Crippen molar-refractivity contribution in [3.63, 3.8) is 0 Å². The standard InChI is InChI=1S/C13H13BrFNO4/c14-10-3-1-2-9(12(10)15)13(19)16-4-5-20-8(7-16)6-11(17)18/h1-3,8H,4-7H2,(H,17,18). The van der Waals surface area contributed by atoms with E-state index in [9.17, 15) is 14.0 Å². The lowest BCUT2D eigenvalue weighted by atomic mass is 10.1. The van der Waals surface area contributed by atoms with Gasteiger partial charge in [-0.1, -0.05) is 6.07 Å². The van der Waals surface area contributed by atoms with E-state index in [1.54, 1.807) is 6.07 Å². The second kappa shape index (κ2) is 6.32. The van der Waals surface area contributed by atoms with E-state index < -0.39 is 23.8 Å². The highest BCUT2D eigenvalue weighted by Crippen LogP contribution is 2.21. The predicted molar refractivity (Wildman–Crippen MR) is 72.0 cm³/mol. The number of carboxylic acids is 1. The van der Waals surface area contributed by atoms with E-state index in [2.05, 4.69) is 15.9 Å². The minimum Gasteiger partial charge on any atom is -0.481 e.